The van der Waals surface area contributed by atoms with Gasteiger partial charge in [-0.05, 0) is 41.1 Å². The van der Waals surface area contributed by atoms with Gasteiger partial charge < -0.3 is 14.7 Å². The third kappa shape index (κ3) is 3.32. The summed E-state index contributed by atoms with van der Waals surface area (Å²) in [5.41, 5.74) is 0.409. The molecule has 1 N–H and O–H groups in total. The van der Waals surface area contributed by atoms with Crippen LogP contribution in [0.25, 0.3) is 0 Å². The quantitative estimate of drug-likeness (QED) is 0.899. The van der Waals surface area contributed by atoms with Gasteiger partial charge in [0, 0.05) is 17.6 Å². The van der Waals surface area contributed by atoms with Crippen LogP contribution in [0.5, 0.6) is 0 Å². The van der Waals surface area contributed by atoms with E-state index < -0.39 is 5.82 Å². The Morgan fingerprint density at radius 1 is 1.58 bits per heavy atom. The summed E-state index contributed by atoms with van der Waals surface area (Å²) in [6.07, 6.45) is -0.499. The lowest BCUT2D eigenvalue weighted by atomic mass is 10.1. The molecule has 2 atom stereocenters. The van der Waals surface area contributed by atoms with Crippen LogP contribution in [0.2, 0.25) is 0 Å². The van der Waals surface area contributed by atoms with E-state index in [-0.39, 0.29) is 24.7 Å². The molecule has 1 heterocycles. The summed E-state index contributed by atoms with van der Waals surface area (Å²) in [5, 5.41) is 9.15. The van der Waals surface area contributed by atoms with Crippen LogP contribution in [-0.2, 0) is 4.74 Å². The van der Waals surface area contributed by atoms with Gasteiger partial charge in [0.25, 0.3) is 5.91 Å². The molecule has 0 aliphatic carbocycles. The number of carbonyl (C=O) groups excluding carboxylic acids is 1. The van der Waals surface area contributed by atoms with Crippen molar-refractivity contribution in [2.45, 2.75) is 19.1 Å². The first-order valence-electron chi connectivity index (χ1n) is 6.02. The average Bonchev–Trinajstić information content (AvgIpc) is 2.37. The monoisotopic (exact) mass is 331 g/mol. The molecular formula is C13H15BrFNO3. The Hall–Kier alpha value is -0.980. The lowest BCUT2D eigenvalue weighted by molar-refractivity contribution is -0.0858. The number of aliphatic hydroxyl groups excluding tert-OH is 1. The molecule has 2 unspecified atom stereocenters. The Morgan fingerprint density at radius 2 is 2.32 bits per heavy atom. The van der Waals surface area contributed by atoms with E-state index in [2.05, 4.69) is 15.9 Å². The number of halogens is 2. The number of hydrogen-bond acceptors (Lipinski definition) is 3. The lowest BCUT2D eigenvalue weighted by Gasteiger charge is -2.36. The Balaban J connectivity index is 2.18. The van der Waals surface area contributed by atoms with Crippen molar-refractivity contribution < 1.29 is 19.0 Å². The van der Waals surface area contributed by atoms with Crippen molar-refractivity contribution >= 4 is 21.8 Å². The first kappa shape index (κ1) is 14.4. The highest BCUT2D eigenvalue weighted by molar-refractivity contribution is 9.10. The number of rotatable bonds is 2. The third-order valence-corrected chi connectivity index (χ3v) is 3.63. The zero-order chi connectivity index (χ0) is 14.0. The van der Waals surface area contributed by atoms with Crippen LogP contribution in [0.1, 0.15) is 17.3 Å². The van der Waals surface area contributed by atoms with Crippen molar-refractivity contribution in [2.24, 2.45) is 0 Å². The van der Waals surface area contributed by atoms with Crippen LogP contribution < -0.4 is 0 Å². The summed E-state index contributed by atoms with van der Waals surface area (Å²) in [6.45, 7) is 2.52. The SMILES string of the molecule is CC1CN(C(=O)c2ccc(F)cc2Br)CC(CO)O1. The Bertz CT molecular complexity index is 483. The van der Waals surface area contributed by atoms with Crippen molar-refractivity contribution in [1.29, 1.82) is 0 Å². The summed E-state index contributed by atoms with van der Waals surface area (Å²) in [6, 6.07) is 3.97. The normalized spacial score (nSPS) is 23.5. The number of amides is 1. The molecule has 1 aliphatic heterocycles. The summed E-state index contributed by atoms with van der Waals surface area (Å²) in [5.74, 6) is -0.590. The second-order valence-electron chi connectivity index (χ2n) is 4.59. The molecule has 0 bridgehead atoms. The average molecular weight is 332 g/mol. The largest absolute Gasteiger partial charge is 0.394 e. The fourth-order valence-corrected chi connectivity index (χ4v) is 2.67. The predicted octanol–water partition coefficient (Wildman–Crippen LogP) is 1.81. The van der Waals surface area contributed by atoms with Gasteiger partial charge in [0.1, 0.15) is 5.82 Å². The van der Waals surface area contributed by atoms with Gasteiger partial charge in [0.15, 0.2) is 0 Å². The van der Waals surface area contributed by atoms with Crippen LogP contribution in [0.4, 0.5) is 4.39 Å². The lowest BCUT2D eigenvalue weighted by Crippen LogP contribution is -2.50. The third-order valence-electron chi connectivity index (χ3n) is 2.98. The number of nitrogens with zero attached hydrogens (tertiary/aromatic N) is 1. The fraction of sp³-hybridized carbons (Fsp3) is 0.462. The van der Waals surface area contributed by atoms with E-state index in [9.17, 15) is 9.18 Å². The van der Waals surface area contributed by atoms with E-state index >= 15 is 0 Å². The summed E-state index contributed by atoms with van der Waals surface area (Å²) in [4.78, 5) is 14.0. The standard InChI is InChI=1S/C13H15BrFNO3/c1-8-5-16(6-10(7-17)19-8)13(18)11-3-2-9(15)4-12(11)14/h2-4,8,10,17H,5-7H2,1H3. The van der Waals surface area contributed by atoms with E-state index in [1.165, 1.54) is 18.2 Å². The highest BCUT2D eigenvalue weighted by Gasteiger charge is 2.29. The van der Waals surface area contributed by atoms with Crippen LogP contribution >= 0.6 is 15.9 Å². The van der Waals surface area contributed by atoms with Crippen molar-refractivity contribution in [2.75, 3.05) is 19.7 Å². The summed E-state index contributed by atoms with van der Waals surface area (Å²) < 4.78 is 18.9. The molecule has 0 saturated carbocycles. The van der Waals surface area contributed by atoms with E-state index in [1.54, 1.807) is 4.90 Å². The summed E-state index contributed by atoms with van der Waals surface area (Å²) >= 11 is 3.19. The number of benzene rings is 1. The molecule has 104 valence electrons. The Kier molecular flexibility index (Phi) is 4.54. The summed E-state index contributed by atoms with van der Waals surface area (Å²) in [7, 11) is 0. The molecular weight excluding hydrogens is 317 g/mol. The van der Waals surface area contributed by atoms with Gasteiger partial charge in [-0.3, -0.25) is 4.79 Å². The molecule has 4 nitrogen and oxygen atoms in total. The number of carbonyl (C=O) groups is 1. The van der Waals surface area contributed by atoms with E-state index in [4.69, 9.17) is 9.84 Å². The van der Waals surface area contributed by atoms with Gasteiger partial charge in [-0.1, -0.05) is 0 Å². The van der Waals surface area contributed by atoms with Crippen molar-refractivity contribution in [3.63, 3.8) is 0 Å². The van der Waals surface area contributed by atoms with Gasteiger partial charge in [0.05, 0.1) is 24.4 Å². The molecule has 1 aromatic rings. The molecule has 6 heteroatoms. The first-order chi connectivity index (χ1) is 9.01. The maximum atomic E-state index is 13.0. The number of aliphatic hydroxyl groups is 1. The van der Waals surface area contributed by atoms with Gasteiger partial charge in [-0.2, -0.15) is 0 Å². The topological polar surface area (TPSA) is 49.8 Å². The van der Waals surface area contributed by atoms with Gasteiger partial charge in [-0.15, -0.1) is 0 Å². The fourth-order valence-electron chi connectivity index (χ4n) is 2.15. The highest BCUT2D eigenvalue weighted by Crippen LogP contribution is 2.21. The maximum absolute atomic E-state index is 13.0. The number of morpholine rings is 1. The number of hydrogen-bond donors (Lipinski definition) is 1. The first-order valence-corrected chi connectivity index (χ1v) is 6.81. The molecule has 2 rings (SSSR count). The second kappa shape index (κ2) is 5.98. The van der Waals surface area contributed by atoms with Gasteiger partial charge in [-0.25, -0.2) is 4.39 Å². The minimum Gasteiger partial charge on any atom is -0.394 e. The van der Waals surface area contributed by atoms with Crippen LogP contribution in [0, 0.1) is 5.82 Å². The van der Waals surface area contributed by atoms with E-state index in [0.717, 1.165) is 0 Å². The molecule has 1 aliphatic rings. The predicted molar refractivity (Wildman–Crippen MR) is 71.4 cm³/mol. The van der Waals surface area contributed by atoms with Crippen LogP contribution in [0.3, 0.4) is 0 Å². The Labute approximate surface area is 119 Å². The molecule has 0 spiro atoms. The molecule has 0 aromatic heterocycles. The number of ether oxygens (including phenoxy) is 1. The minimum absolute atomic E-state index is 0.126. The smallest absolute Gasteiger partial charge is 0.255 e. The molecule has 1 saturated heterocycles. The molecule has 19 heavy (non-hydrogen) atoms. The van der Waals surface area contributed by atoms with E-state index in [1.807, 2.05) is 6.92 Å². The molecule has 1 fully saturated rings. The zero-order valence-corrected chi connectivity index (χ0v) is 12.1. The van der Waals surface area contributed by atoms with E-state index in [0.29, 0.717) is 23.1 Å². The zero-order valence-electron chi connectivity index (χ0n) is 10.5. The van der Waals surface area contributed by atoms with Crippen molar-refractivity contribution in [3.8, 4) is 0 Å². The maximum Gasteiger partial charge on any atom is 0.255 e. The van der Waals surface area contributed by atoms with Crippen molar-refractivity contribution in [3.05, 3.63) is 34.1 Å². The molecule has 0 radical (unpaired) electrons. The van der Waals surface area contributed by atoms with Gasteiger partial charge in [0.2, 0.25) is 0 Å². The molecule has 1 amide bonds. The van der Waals surface area contributed by atoms with Crippen molar-refractivity contribution in [1.82, 2.24) is 4.90 Å². The van der Waals surface area contributed by atoms with Crippen LogP contribution in [0.15, 0.2) is 22.7 Å². The van der Waals surface area contributed by atoms with Gasteiger partial charge >= 0.3 is 0 Å². The Morgan fingerprint density at radius 3 is 2.95 bits per heavy atom. The minimum atomic E-state index is -0.396. The highest BCUT2D eigenvalue weighted by atomic mass is 79.9. The molecule has 1 aromatic carbocycles. The van der Waals surface area contributed by atoms with Crippen LogP contribution in [-0.4, -0.2) is 47.8 Å². The second-order valence-corrected chi connectivity index (χ2v) is 5.44.